The molecule has 2 aliphatic rings. The van der Waals surface area contributed by atoms with Crippen molar-refractivity contribution in [3.8, 4) is 22.8 Å². The summed E-state index contributed by atoms with van der Waals surface area (Å²) in [6.45, 7) is 11.1. The van der Waals surface area contributed by atoms with Gasteiger partial charge in [0.2, 0.25) is 11.4 Å². The van der Waals surface area contributed by atoms with Gasteiger partial charge in [-0.2, -0.15) is 18.9 Å². The Balaban J connectivity index is 1.57. The normalized spacial score (nSPS) is 18.1. The summed E-state index contributed by atoms with van der Waals surface area (Å²) >= 11 is 0. The number of nitrogens with zero attached hydrogens (tertiary/aromatic N) is 7. The molecule has 0 N–H and O–H groups in total. The maximum absolute atomic E-state index is 6.45. The quantitative estimate of drug-likeness (QED) is 0.221. The molecule has 5 aromatic heterocycles. The lowest BCUT2D eigenvalue weighted by atomic mass is 9.72. The minimum atomic E-state index is -0.853. The Bertz CT molecular complexity index is 2320. The summed E-state index contributed by atoms with van der Waals surface area (Å²) in [4.78, 5) is 15.3. The third-order valence-electron chi connectivity index (χ3n) is 9.99. The molecule has 2 aromatic carbocycles. The molecule has 7 heterocycles. The predicted molar refractivity (Wildman–Crippen MR) is 168 cm³/mol. The fourth-order valence-electron chi connectivity index (χ4n) is 8.01. The highest BCUT2D eigenvalue weighted by Gasteiger charge is 2.73. The van der Waals surface area contributed by atoms with Crippen molar-refractivity contribution in [1.82, 2.24) is 24.7 Å². The van der Waals surface area contributed by atoms with Crippen LogP contribution in [0.15, 0.2) is 89.7 Å². The molecular formula is C36H33N7O+2. The maximum atomic E-state index is 6.45. The Hall–Kier alpha value is -4.98. The first-order valence-corrected chi connectivity index (χ1v) is 15.5. The van der Waals surface area contributed by atoms with Crippen molar-refractivity contribution in [1.29, 1.82) is 0 Å². The Morgan fingerprint density at radius 2 is 1.68 bits per heavy atom. The van der Waals surface area contributed by atoms with Crippen molar-refractivity contribution in [3.63, 3.8) is 0 Å². The number of rotatable bonds is 2. The number of benzene rings is 2. The zero-order valence-corrected chi connectivity index (χ0v) is 25.5. The van der Waals surface area contributed by atoms with Gasteiger partial charge in [-0.1, -0.05) is 52.8 Å². The van der Waals surface area contributed by atoms with Crippen molar-refractivity contribution in [2.75, 3.05) is 0 Å². The average Bonchev–Trinajstić information content (AvgIpc) is 3.73. The monoisotopic (exact) mass is 579 g/mol. The first-order chi connectivity index (χ1) is 21.3. The van der Waals surface area contributed by atoms with Gasteiger partial charge in [-0.05, 0) is 41.4 Å². The largest absolute Gasteiger partial charge is 0.456 e. The second kappa shape index (κ2) is 8.34. The first kappa shape index (κ1) is 25.5. The summed E-state index contributed by atoms with van der Waals surface area (Å²) in [6.07, 6.45) is 7.75. The third kappa shape index (κ3) is 2.84. The van der Waals surface area contributed by atoms with E-state index in [1.165, 1.54) is 0 Å². The summed E-state index contributed by atoms with van der Waals surface area (Å²) in [5, 5.41) is 7.66. The molecular weight excluding hydrogens is 546 g/mol. The number of aromatic nitrogens is 7. The van der Waals surface area contributed by atoms with Crippen molar-refractivity contribution in [2.24, 2.45) is 0 Å². The Labute approximate surface area is 254 Å². The molecule has 0 saturated carbocycles. The SMILES string of the molecule is CCC1(CC)[n+]2ccccc2-c2nc(C(C)(C)C)nn2C12c1cc3c(cc1-c1cnc4cccnc4[n+]12)oc1ccccc13. The molecule has 0 radical (unpaired) electrons. The van der Waals surface area contributed by atoms with E-state index in [-0.39, 0.29) is 5.41 Å². The number of hydrogen-bond donors (Lipinski definition) is 0. The average molecular weight is 580 g/mol. The number of furan rings is 1. The van der Waals surface area contributed by atoms with Crippen molar-refractivity contribution < 1.29 is 13.6 Å². The number of hydrogen-bond acceptors (Lipinski definition) is 5. The second-order valence-corrected chi connectivity index (χ2v) is 13.1. The minimum absolute atomic E-state index is 0.259. The molecule has 0 bridgehead atoms. The minimum Gasteiger partial charge on any atom is -0.456 e. The van der Waals surface area contributed by atoms with E-state index in [1.54, 1.807) is 0 Å². The predicted octanol–water partition coefficient (Wildman–Crippen LogP) is 6.42. The van der Waals surface area contributed by atoms with Gasteiger partial charge in [-0.15, -0.1) is 0 Å². The van der Waals surface area contributed by atoms with Crippen LogP contribution < -0.4 is 9.13 Å². The van der Waals surface area contributed by atoms with Crippen molar-refractivity contribution in [2.45, 2.75) is 64.1 Å². The van der Waals surface area contributed by atoms with Gasteiger partial charge in [0.15, 0.2) is 23.2 Å². The van der Waals surface area contributed by atoms with E-state index in [0.29, 0.717) is 0 Å². The van der Waals surface area contributed by atoms with E-state index in [4.69, 9.17) is 24.5 Å². The van der Waals surface area contributed by atoms with Crippen LogP contribution in [0.2, 0.25) is 0 Å². The second-order valence-electron chi connectivity index (χ2n) is 13.1. The highest BCUT2D eigenvalue weighted by Crippen LogP contribution is 2.54. The molecule has 1 atom stereocenters. The van der Waals surface area contributed by atoms with Crippen LogP contribution in [0.1, 0.15) is 58.8 Å². The molecule has 44 heavy (non-hydrogen) atoms. The van der Waals surface area contributed by atoms with Crippen LogP contribution in [0.5, 0.6) is 0 Å². The van der Waals surface area contributed by atoms with Crippen molar-refractivity contribution >= 4 is 33.1 Å². The van der Waals surface area contributed by atoms with Crippen LogP contribution in [0.25, 0.3) is 55.9 Å². The number of para-hydroxylation sites is 1. The van der Waals surface area contributed by atoms with E-state index < -0.39 is 11.2 Å². The topological polar surface area (TPSA) is 77.4 Å². The van der Waals surface area contributed by atoms with Gasteiger partial charge in [0.05, 0.1) is 6.20 Å². The molecule has 8 heteroatoms. The zero-order chi connectivity index (χ0) is 30.0. The number of pyridine rings is 2. The molecule has 0 aliphatic carbocycles. The fourth-order valence-corrected chi connectivity index (χ4v) is 8.01. The highest BCUT2D eigenvalue weighted by molar-refractivity contribution is 6.06. The third-order valence-corrected chi connectivity index (χ3v) is 9.99. The van der Waals surface area contributed by atoms with Crippen LogP contribution in [0.4, 0.5) is 0 Å². The lowest BCUT2D eigenvalue weighted by Crippen LogP contribution is -2.81. The molecule has 0 saturated heterocycles. The molecule has 0 fully saturated rings. The molecule has 9 rings (SSSR count). The molecule has 1 unspecified atom stereocenters. The Morgan fingerprint density at radius 3 is 2.50 bits per heavy atom. The van der Waals surface area contributed by atoms with Crippen molar-refractivity contribution in [3.05, 3.63) is 96.7 Å². The molecule has 7 aromatic rings. The van der Waals surface area contributed by atoms with Gasteiger partial charge in [-0.25, -0.2) is 9.97 Å². The zero-order valence-electron chi connectivity index (χ0n) is 25.5. The molecule has 2 aliphatic heterocycles. The van der Waals surface area contributed by atoms with E-state index in [9.17, 15) is 0 Å². The van der Waals surface area contributed by atoms with Crippen LogP contribution in [-0.4, -0.2) is 24.7 Å². The van der Waals surface area contributed by atoms with E-state index in [0.717, 1.165) is 80.1 Å². The first-order valence-electron chi connectivity index (χ1n) is 15.5. The molecule has 216 valence electrons. The van der Waals surface area contributed by atoms with Crippen LogP contribution in [0.3, 0.4) is 0 Å². The van der Waals surface area contributed by atoms with Gasteiger partial charge in [-0.3, -0.25) is 0 Å². The van der Waals surface area contributed by atoms with Crippen LogP contribution >= 0.6 is 0 Å². The van der Waals surface area contributed by atoms with Gasteiger partial charge < -0.3 is 4.42 Å². The Kier molecular flexibility index (Phi) is 4.84. The van der Waals surface area contributed by atoms with E-state index >= 15 is 0 Å². The standard InChI is InChI=1S/C36H33N7O/c1-6-35(7-2)36(43-32(27-15-10-11-18-41(27)35)39-33(40-43)34(3,4)5)25-19-23-22-13-8-9-16-29(22)44-30(23)20-24(25)28-21-38-26-14-12-17-37-31(26)42(28)36/h8-21H,6-7H2,1-5H3/q+2. The van der Waals surface area contributed by atoms with E-state index in [2.05, 4.69) is 97.1 Å². The summed E-state index contributed by atoms with van der Waals surface area (Å²) in [5.41, 5.74) is 6.04. The van der Waals surface area contributed by atoms with Gasteiger partial charge in [0.1, 0.15) is 17.4 Å². The maximum Gasteiger partial charge on any atom is 0.351 e. The van der Waals surface area contributed by atoms with Gasteiger partial charge in [0, 0.05) is 52.3 Å². The lowest BCUT2D eigenvalue weighted by molar-refractivity contribution is -0.862. The van der Waals surface area contributed by atoms with Crippen LogP contribution in [0, 0.1) is 0 Å². The Morgan fingerprint density at radius 1 is 0.864 bits per heavy atom. The molecule has 1 spiro atoms. The summed E-state index contributed by atoms with van der Waals surface area (Å²) < 4.78 is 13.5. The smallest absolute Gasteiger partial charge is 0.351 e. The molecule has 8 nitrogen and oxygen atoms in total. The van der Waals surface area contributed by atoms with Gasteiger partial charge >= 0.3 is 5.65 Å². The summed E-state index contributed by atoms with van der Waals surface area (Å²) in [7, 11) is 0. The molecule has 0 amide bonds. The van der Waals surface area contributed by atoms with Gasteiger partial charge in [0.25, 0.3) is 11.4 Å². The fraction of sp³-hybridized carbons (Fsp3) is 0.278. The highest BCUT2D eigenvalue weighted by atomic mass is 16.3. The van der Waals surface area contributed by atoms with Crippen LogP contribution in [-0.2, 0) is 16.6 Å². The lowest BCUT2D eigenvalue weighted by Gasteiger charge is -2.44. The summed E-state index contributed by atoms with van der Waals surface area (Å²) in [5.74, 6) is 1.65. The number of fused-ring (bicyclic) bond motifs is 14. The van der Waals surface area contributed by atoms with E-state index in [1.807, 2.05) is 36.7 Å². The summed E-state index contributed by atoms with van der Waals surface area (Å²) in [6, 6.07) is 23.2.